The van der Waals surface area contributed by atoms with Gasteiger partial charge in [-0.15, -0.1) is 12.4 Å². The molecule has 1 aromatic rings. The lowest BCUT2D eigenvalue weighted by molar-refractivity contribution is 0.110. The highest BCUT2D eigenvalue weighted by atomic mass is 35.5. The largest absolute Gasteiger partial charge is 0.314 e. The molecule has 1 N–H and O–H groups in total. The molecule has 3 rings (SSSR count). The molecular formula is C14H22ClN3. The summed E-state index contributed by atoms with van der Waals surface area (Å²) in [5, 5.41) is 3.50. The third-order valence-electron chi connectivity index (χ3n) is 4.14. The number of hydrogen-bond acceptors (Lipinski definition) is 3. The maximum atomic E-state index is 4.25. The number of piperazine rings is 1. The van der Waals surface area contributed by atoms with Crippen LogP contribution in [0.25, 0.3) is 0 Å². The van der Waals surface area contributed by atoms with E-state index in [9.17, 15) is 0 Å². The van der Waals surface area contributed by atoms with E-state index in [1.165, 1.54) is 37.9 Å². The van der Waals surface area contributed by atoms with Gasteiger partial charge in [0.05, 0.1) is 0 Å². The molecule has 0 spiro atoms. The SMILES string of the molecule is Cl.c1cncc(C2CNCCN2CC2CCC2)c1. The van der Waals surface area contributed by atoms with Crippen LogP contribution >= 0.6 is 12.4 Å². The van der Waals surface area contributed by atoms with Crippen molar-refractivity contribution >= 4 is 12.4 Å². The Hall–Kier alpha value is -0.640. The van der Waals surface area contributed by atoms with Gasteiger partial charge in [-0.25, -0.2) is 0 Å². The first-order valence-corrected chi connectivity index (χ1v) is 6.78. The van der Waals surface area contributed by atoms with Gasteiger partial charge >= 0.3 is 0 Å². The fraction of sp³-hybridized carbons (Fsp3) is 0.643. The molecule has 1 saturated heterocycles. The molecular weight excluding hydrogens is 246 g/mol. The lowest BCUT2D eigenvalue weighted by Crippen LogP contribution is -2.48. The van der Waals surface area contributed by atoms with Crippen LogP contribution in [0.15, 0.2) is 24.5 Å². The van der Waals surface area contributed by atoms with Gasteiger partial charge in [0.15, 0.2) is 0 Å². The van der Waals surface area contributed by atoms with Crippen LogP contribution < -0.4 is 5.32 Å². The van der Waals surface area contributed by atoms with Crippen LogP contribution in [0.4, 0.5) is 0 Å². The average molecular weight is 268 g/mol. The number of nitrogens with zero attached hydrogens (tertiary/aromatic N) is 2. The van der Waals surface area contributed by atoms with Crippen LogP contribution in [-0.2, 0) is 0 Å². The predicted octanol–water partition coefficient (Wildman–Crippen LogP) is 2.25. The van der Waals surface area contributed by atoms with Crippen LogP contribution in [0.1, 0.15) is 30.9 Å². The zero-order valence-electron chi connectivity index (χ0n) is 10.7. The first-order chi connectivity index (χ1) is 8.43. The van der Waals surface area contributed by atoms with Crippen molar-refractivity contribution < 1.29 is 0 Å². The summed E-state index contributed by atoms with van der Waals surface area (Å²) in [6.45, 7) is 4.65. The fourth-order valence-electron chi connectivity index (χ4n) is 2.87. The normalized spacial score (nSPS) is 25.2. The molecule has 1 aromatic heterocycles. The standard InChI is InChI=1S/C14H21N3.ClH/c1-3-12(4-1)11-17-8-7-16-10-14(17)13-5-2-6-15-9-13;/h2,5-6,9,12,14,16H,1,3-4,7-8,10-11H2;1H. The Morgan fingerprint density at radius 2 is 2.28 bits per heavy atom. The molecule has 1 aliphatic carbocycles. The van der Waals surface area contributed by atoms with Crippen LogP contribution in [0.5, 0.6) is 0 Å². The number of halogens is 1. The number of nitrogens with one attached hydrogen (secondary N) is 1. The van der Waals surface area contributed by atoms with Gasteiger partial charge in [0, 0.05) is 44.6 Å². The van der Waals surface area contributed by atoms with E-state index in [1.807, 2.05) is 18.5 Å². The van der Waals surface area contributed by atoms with Crippen molar-refractivity contribution in [2.75, 3.05) is 26.2 Å². The second-order valence-electron chi connectivity index (χ2n) is 5.30. The van der Waals surface area contributed by atoms with Gasteiger partial charge in [-0.05, 0) is 30.4 Å². The van der Waals surface area contributed by atoms with Crippen molar-refractivity contribution in [1.29, 1.82) is 0 Å². The lowest BCUT2D eigenvalue weighted by atomic mass is 9.84. The Morgan fingerprint density at radius 3 is 2.94 bits per heavy atom. The Bertz CT molecular complexity index is 353. The zero-order valence-corrected chi connectivity index (χ0v) is 11.5. The topological polar surface area (TPSA) is 28.2 Å². The van der Waals surface area contributed by atoms with E-state index in [4.69, 9.17) is 0 Å². The van der Waals surface area contributed by atoms with Gasteiger partial charge in [-0.3, -0.25) is 9.88 Å². The molecule has 100 valence electrons. The van der Waals surface area contributed by atoms with Crippen LogP contribution in [0.2, 0.25) is 0 Å². The highest BCUT2D eigenvalue weighted by molar-refractivity contribution is 5.85. The Balaban J connectivity index is 0.00000120. The van der Waals surface area contributed by atoms with E-state index in [0.717, 1.165) is 19.0 Å². The molecule has 1 atom stereocenters. The highest BCUT2D eigenvalue weighted by Crippen LogP contribution is 2.30. The molecule has 2 fully saturated rings. The zero-order chi connectivity index (χ0) is 11.5. The van der Waals surface area contributed by atoms with E-state index in [-0.39, 0.29) is 12.4 Å². The summed E-state index contributed by atoms with van der Waals surface area (Å²) >= 11 is 0. The molecule has 4 heteroatoms. The quantitative estimate of drug-likeness (QED) is 0.911. The molecule has 2 heterocycles. The minimum absolute atomic E-state index is 0. The highest BCUT2D eigenvalue weighted by Gasteiger charge is 2.28. The van der Waals surface area contributed by atoms with Crippen molar-refractivity contribution in [1.82, 2.24) is 15.2 Å². The molecule has 0 amide bonds. The first kappa shape index (κ1) is 13.8. The first-order valence-electron chi connectivity index (χ1n) is 6.78. The molecule has 0 bridgehead atoms. The Morgan fingerprint density at radius 1 is 1.39 bits per heavy atom. The van der Waals surface area contributed by atoms with Gasteiger partial charge in [0.1, 0.15) is 0 Å². The number of hydrogen-bond donors (Lipinski definition) is 1. The summed E-state index contributed by atoms with van der Waals surface area (Å²) in [5.41, 5.74) is 1.36. The van der Waals surface area contributed by atoms with Crippen LogP contribution in [0.3, 0.4) is 0 Å². The summed E-state index contributed by atoms with van der Waals surface area (Å²) in [5.74, 6) is 0.951. The molecule has 1 aliphatic heterocycles. The van der Waals surface area contributed by atoms with Crippen molar-refractivity contribution in [3.63, 3.8) is 0 Å². The van der Waals surface area contributed by atoms with Gasteiger partial charge in [-0.1, -0.05) is 12.5 Å². The summed E-state index contributed by atoms with van der Waals surface area (Å²) in [6.07, 6.45) is 8.18. The van der Waals surface area contributed by atoms with E-state index >= 15 is 0 Å². The lowest BCUT2D eigenvalue weighted by Gasteiger charge is -2.40. The predicted molar refractivity (Wildman–Crippen MR) is 76.0 cm³/mol. The summed E-state index contributed by atoms with van der Waals surface area (Å²) in [6, 6.07) is 4.78. The Kier molecular flexibility index (Phi) is 4.98. The fourth-order valence-corrected chi connectivity index (χ4v) is 2.87. The summed E-state index contributed by atoms with van der Waals surface area (Å²) < 4.78 is 0. The van der Waals surface area contributed by atoms with Gasteiger partial charge in [0.25, 0.3) is 0 Å². The second-order valence-corrected chi connectivity index (χ2v) is 5.30. The van der Waals surface area contributed by atoms with E-state index in [0.29, 0.717) is 6.04 Å². The van der Waals surface area contributed by atoms with Crippen LogP contribution in [0, 0.1) is 5.92 Å². The monoisotopic (exact) mass is 267 g/mol. The Labute approximate surface area is 115 Å². The number of aromatic nitrogens is 1. The molecule has 1 saturated carbocycles. The number of rotatable bonds is 3. The maximum Gasteiger partial charge on any atom is 0.0488 e. The molecule has 1 unspecified atom stereocenters. The molecule has 2 aliphatic rings. The molecule has 18 heavy (non-hydrogen) atoms. The van der Waals surface area contributed by atoms with Gasteiger partial charge in [-0.2, -0.15) is 0 Å². The third kappa shape index (κ3) is 3.02. The van der Waals surface area contributed by atoms with Crippen molar-refractivity contribution in [3.05, 3.63) is 30.1 Å². The summed E-state index contributed by atoms with van der Waals surface area (Å²) in [4.78, 5) is 6.90. The third-order valence-corrected chi connectivity index (χ3v) is 4.14. The second kappa shape index (κ2) is 6.50. The number of pyridine rings is 1. The van der Waals surface area contributed by atoms with E-state index in [2.05, 4.69) is 21.3 Å². The smallest absolute Gasteiger partial charge is 0.0488 e. The van der Waals surface area contributed by atoms with Crippen molar-refractivity contribution in [2.45, 2.75) is 25.3 Å². The van der Waals surface area contributed by atoms with Gasteiger partial charge < -0.3 is 5.32 Å². The molecule has 0 aromatic carbocycles. The molecule has 3 nitrogen and oxygen atoms in total. The van der Waals surface area contributed by atoms with Crippen LogP contribution in [-0.4, -0.2) is 36.1 Å². The maximum absolute atomic E-state index is 4.25. The molecule has 0 radical (unpaired) electrons. The minimum Gasteiger partial charge on any atom is -0.314 e. The average Bonchev–Trinajstić information content (AvgIpc) is 2.35. The summed E-state index contributed by atoms with van der Waals surface area (Å²) in [7, 11) is 0. The van der Waals surface area contributed by atoms with E-state index in [1.54, 1.807) is 0 Å². The minimum atomic E-state index is 0. The van der Waals surface area contributed by atoms with Crippen molar-refractivity contribution in [3.8, 4) is 0 Å². The van der Waals surface area contributed by atoms with Crippen molar-refractivity contribution in [2.24, 2.45) is 5.92 Å². The van der Waals surface area contributed by atoms with Gasteiger partial charge in [0.2, 0.25) is 0 Å². The van der Waals surface area contributed by atoms with E-state index < -0.39 is 0 Å².